The molecule has 0 aromatic heterocycles. The lowest BCUT2D eigenvalue weighted by atomic mass is 9.96. The minimum absolute atomic E-state index is 0.396. The highest BCUT2D eigenvalue weighted by molar-refractivity contribution is 6.60. The van der Waals surface area contributed by atoms with E-state index in [1.807, 2.05) is 36.4 Å². The SMILES string of the molecule is CC1=c2cc3ccccc3cc2=CC(=O)C1=O. The molecule has 0 amide bonds. The molecule has 0 unspecified atom stereocenters. The second-order valence-electron chi connectivity index (χ2n) is 4.25. The van der Waals surface area contributed by atoms with E-state index in [0.29, 0.717) is 5.57 Å². The van der Waals surface area contributed by atoms with Crippen molar-refractivity contribution in [2.75, 3.05) is 0 Å². The average Bonchev–Trinajstić information content (AvgIpc) is 2.34. The summed E-state index contributed by atoms with van der Waals surface area (Å²) in [5, 5.41) is 3.87. The maximum absolute atomic E-state index is 11.6. The van der Waals surface area contributed by atoms with Gasteiger partial charge in [0.25, 0.3) is 0 Å². The van der Waals surface area contributed by atoms with Crippen molar-refractivity contribution in [3.8, 4) is 0 Å². The molecule has 0 heterocycles. The third kappa shape index (κ3) is 1.41. The zero-order valence-electron chi connectivity index (χ0n) is 9.36. The first-order chi connectivity index (χ1) is 8.16. The van der Waals surface area contributed by atoms with Gasteiger partial charge in [-0.1, -0.05) is 24.3 Å². The molecule has 0 aliphatic heterocycles. The van der Waals surface area contributed by atoms with E-state index in [-0.39, 0.29) is 0 Å². The molecule has 2 aromatic rings. The van der Waals surface area contributed by atoms with Gasteiger partial charge in [0.1, 0.15) is 0 Å². The first kappa shape index (κ1) is 9.97. The fourth-order valence-corrected chi connectivity index (χ4v) is 2.22. The number of benzene rings is 2. The number of Topliss-reactive ketones (excluding diaryl/α,β-unsaturated/α-hetero) is 2. The van der Waals surface area contributed by atoms with Crippen molar-refractivity contribution >= 4 is 34.0 Å². The smallest absolute Gasteiger partial charge is 0.229 e. The fraction of sp³-hybridized carbons (Fsp3) is 0.0667. The maximum atomic E-state index is 11.6. The molecule has 2 heteroatoms. The van der Waals surface area contributed by atoms with Gasteiger partial charge in [0.15, 0.2) is 0 Å². The highest BCUT2D eigenvalue weighted by atomic mass is 16.2. The van der Waals surface area contributed by atoms with Crippen LogP contribution in [0.1, 0.15) is 6.92 Å². The molecular formula is C15H10O2. The van der Waals surface area contributed by atoms with Crippen molar-refractivity contribution in [1.82, 2.24) is 0 Å². The summed E-state index contributed by atoms with van der Waals surface area (Å²) in [6.45, 7) is 1.71. The van der Waals surface area contributed by atoms with Crippen LogP contribution in [-0.4, -0.2) is 11.6 Å². The topological polar surface area (TPSA) is 34.1 Å². The van der Waals surface area contributed by atoms with Crippen LogP contribution in [-0.2, 0) is 9.59 Å². The Morgan fingerprint density at radius 1 is 0.941 bits per heavy atom. The van der Waals surface area contributed by atoms with Crippen LogP contribution in [0.4, 0.5) is 0 Å². The molecule has 0 fully saturated rings. The van der Waals surface area contributed by atoms with E-state index >= 15 is 0 Å². The molecule has 0 atom stereocenters. The molecule has 17 heavy (non-hydrogen) atoms. The van der Waals surface area contributed by atoms with Gasteiger partial charge in [0.2, 0.25) is 11.6 Å². The number of fused-ring (bicyclic) bond motifs is 2. The molecule has 0 saturated heterocycles. The Bertz CT molecular complexity index is 782. The summed E-state index contributed by atoms with van der Waals surface area (Å²) in [7, 11) is 0. The van der Waals surface area contributed by atoms with Crippen LogP contribution in [0, 0.1) is 0 Å². The molecule has 2 aromatic carbocycles. The van der Waals surface area contributed by atoms with Crippen LogP contribution in [0.5, 0.6) is 0 Å². The normalized spacial score (nSPS) is 14.8. The summed E-state index contributed by atoms with van der Waals surface area (Å²) in [6, 6.07) is 11.9. The Balaban J connectivity index is 2.56. The summed E-state index contributed by atoms with van der Waals surface area (Å²) in [6.07, 6.45) is 1.43. The van der Waals surface area contributed by atoms with Gasteiger partial charge in [0.05, 0.1) is 0 Å². The summed E-state index contributed by atoms with van der Waals surface area (Å²) in [5.74, 6) is -0.821. The van der Waals surface area contributed by atoms with Gasteiger partial charge in [-0.2, -0.15) is 0 Å². The molecule has 1 aliphatic carbocycles. The minimum Gasteiger partial charge on any atom is -0.286 e. The Morgan fingerprint density at radius 3 is 2.29 bits per heavy atom. The number of carbonyl (C=O) groups is 2. The lowest BCUT2D eigenvalue weighted by molar-refractivity contribution is -0.129. The molecule has 0 spiro atoms. The molecule has 0 N–H and O–H groups in total. The third-order valence-corrected chi connectivity index (χ3v) is 3.17. The van der Waals surface area contributed by atoms with Crippen LogP contribution in [0.3, 0.4) is 0 Å². The van der Waals surface area contributed by atoms with Crippen LogP contribution in [0.2, 0.25) is 0 Å². The Labute approximate surface area is 97.9 Å². The highest BCUT2D eigenvalue weighted by Crippen LogP contribution is 2.10. The molecule has 0 bridgehead atoms. The van der Waals surface area contributed by atoms with Crippen LogP contribution in [0.25, 0.3) is 22.4 Å². The first-order valence-corrected chi connectivity index (χ1v) is 5.47. The lowest BCUT2D eigenvalue weighted by Crippen LogP contribution is -2.36. The summed E-state index contributed by atoms with van der Waals surface area (Å²) < 4.78 is 0. The fourth-order valence-electron chi connectivity index (χ4n) is 2.22. The van der Waals surface area contributed by atoms with E-state index in [2.05, 4.69) is 0 Å². The average molecular weight is 222 g/mol. The van der Waals surface area contributed by atoms with Crippen molar-refractivity contribution in [2.24, 2.45) is 0 Å². The first-order valence-electron chi connectivity index (χ1n) is 5.47. The molecule has 1 aliphatic rings. The van der Waals surface area contributed by atoms with E-state index in [1.54, 1.807) is 6.92 Å². The lowest BCUT2D eigenvalue weighted by Gasteiger charge is -2.06. The van der Waals surface area contributed by atoms with E-state index in [4.69, 9.17) is 0 Å². The summed E-state index contributed by atoms with van der Waals surface area (Å²) in [4.78, 5) is 23.1. The predicted molar refractivity (Wildman–Crippen MR) is 66.8 cm³/mol. The predicted octanol–water partition coefficient (Wildman–Crippen LogP) is 0.943. The zero-order valence-corrected chi connectivity index (χ0v) is 9.36. The van der Waals surface area contributed by atoms with Gasteiger partial charge >= 0.3 is 0 Å². The van der Waals surface area contributed by atoms with Gasteiger partial charge in [0, 0.05) is 5.57 Å². The van der Waals surface area contributed by atoms with Crippen molar-refractivity contribution in [1.29, 1.82) is 0 Å². The molecule has 82 valence electrons. The Morgan fingerprint density at radius 2 is 1.59 bits per heavy atom. The molecular weight excluding hydrogens is 212 g/mol. The van der Waals surface area contributed by atoms with Crippen molar-refractivity contribution in [3.05, 3.63) is 46.8 Å². The largest absolute Gasteiger partial charge is 0.286 e. The number of rotatable bonds is 0. The van der Waals surface area contributed by atoms with Gasteiger partial charge in [-0.25, -0.2) is 0 Å². The van der Waals surface area contributed by atoms with Crippen molar-refractivity contribution < 1.29 is 9.59 Å². The van der Waals surface area contributed by atoms with Gasteiger partial charge in [-0.15, -0.1) is 0 Å². The Kier molecular flexibility index (Phi) is 1.99. The molecule has 0 saturated carbocycles. The number of carbonyl (C=O) groups excluding carboxylic acids is 2. The highest BCUT2D eigenvalue weighted by Gasteiger charge is 2.17. The van der Waals surface area contributed by atoms with E-state index in [9.17, 15) is 9.59 Å². The second kappa shape index (κ2) is 3.39. The maximum Gasteiger partial charge on any atom is 0.229 e. The number of hydrogen-bond donors (Lipinski definition) is 0. The Hall–Kier alpha value is -2.22. The number of hydrogen-bond acceptors (Lipinski definition) is 2. The van der Waals surface area contributed by atoms with E-state index in [1.165, 1.54) is 6.08 Å². The van der Waals surface area contributed by atoms with Gasteiger partial charge in [-0.3, -0.25) is 9.59 Å². The molecule has 3 rings (SSSR count). The van der Waals surface area contributed by atoms with Gasteiger partial charge in [-0.05, 0) is 46.3 Å². The molecule has 0 radical (unpaired) electrons. The monoisotopic (exact) mass is 222 g/mol. The van der Waals surface area contributed by atoms with Crippen molar-refractivity contribution in [2.45, 2.75) is 6.92 Å². The summed E-state index contributed by atoms with van der Waals surface area (Å²) in [5.41, 5.74) is 0.540. The number of ketones is 2. The van der Waals surface area contributed by atoms with Crippen LogP contribution < -0.4 is 10.4 Å². The quantitative estimate of drug-likeness (QED) is 0.622. The summed E-state index contributed by atoms with van der Waals surface area (Å²) >= 11 is 0. The van der Waals surface area contributed by atoms with Crippen LogP contribution >= 0.6 is 0 Å². The second-order valence-corrected chi connectivity index (χ2v) is 4.25. The minimum atomic E-state index is -0.426. The van der Waals surface area contributed by atoms with Crippen LogP contribution in [0.15, 0.2) is 36.4 Å². The molecule has 2 nitrogen and oxygen atoms in total. The zero-order chi connectivity index (χ0) is 12.0. The van der Waals surface area contributed by atoms with Crippen molar-refractivity contribution in [3.63, 3.8) is 0 Å². The van der Waals surface area contributed by atoms with E-state index in [0.717, 1.165) is 21.2 Å². The van der Waals surface area contributed by atoms with Gasteiger partial charge < -0.3 is 0 Å². The third-order valence-electron chi connectivity index (χ3n) is 3.17. The standard InChI is InChI=1S/C15H10O2/c1-9-13-7-11-5-3-2-4-10(11)6-12(13)8-14(16)15(9)17/h2-8H,1H3. The van der Waals surface area contributed by atoms with E-state index < -0.39 is 11.6 Å².